The van der Waals surface area contributed by atoms with Crippen LogP contribution in [0.1, 0.15) is 19.5 Å². The molecule has 0 atom stereocenters. The summed E-state index contributed by atoms with van der Waals surface area (Å²) in [5, 5.41) is 7.97. The number of nitrogens with one attached hydrogen (secondary N) is 2. The number of pyridine rings is 1. The summed E-state index contributed by atoms with van der Waals surface area (Å²) >= 11 is 1.47. The zero-order chi connectivity index (χ0) is 15.9. The van der Waals surface area contributed by atoms with Crippen molar-refractivity contribution >= 4 is 23.2 Å². The van der Waals surface area contributed by atoms with Crippen molar-refractivity contribution in [2.75, 3.05) is 6.54 Å². The lowest BCUT2D eigenvalue weighted by Gasteiger charge is -2.08. The fourth-order valence-electron chi connectivity index (χ4n) is 1.79. The summed E-state index contributed by atoms with van der Waals surface area (Å²) in [5.41, 5.74) is 1.61. The zero-order valence-electron chi connectivity index (χ0n) is 12.5. The number of amides is 2. The highest BCUT2D eigenvalue weighted by atomic mass is 32.1. The Balaban J connectivity index is 1.85. The Hall–Kier alpha value is -2.28. The van der Waals surface area contributed by atoms with Crippen LogP contribution in [-0.4, -0.2) is 34.4 Å². The maximum atomic E-state index is 11.8. The van der Waals surface area contributed by atoms with Crippen LogP contribution in [0.4, 0.5) is 0 Å². The van der Waals surface area contributed by atoms with Gasteiger partial charge in [-0.15, -0.1) is 11.3 Å². The Bertz CT molecular complexity index is 640. The summed E-state index contributed by atoms with van der Waals surface area (Å²) in [4.78, 5) is 31.7. The average Bonchev–Trinajstić information content (AvgIpc) is 2.94. The van der Waals surface area contributed by atoms with E-state index in [9.17, 15) is 9.59 Å². The van der Waals surface area contributed by atoms with Crippen molar-refractivity contribution in [3.05, 3.63) is 35.6 Å². The highest BCUT2D eigenvalue weighted by Gasteiger charge is 2.10. The van der Waals surface area contributed by atoms with E-state index in [0.717, 1.165) is 10.6 Å². The van der Waals surface area contributed by atoms with Crippen LogP contribution in [0.15, 0.2) is 29.9 Å². The number of hydrogen-bond donors (Lipinski definition) is 2. The first kappa shape index (κ1) is 16.1. The molecule has 2 rings (SSSR count). The van der Waals surface area contributed by atoms with E-state index >= 15 is 0 Å². The van der Waals surface area contributed by atoms with Crippen molar-refractivity contribution in [1.29, 1.82) is 0 Å². The molecule has 0 aliphatic rings. The molecule has 2 aromatic rings. The Kier molecular flexibility index (Phi) is 5.60. The quantitative estimate of drug-likeness (QED) is 0.843. The summed E-state index contributed by atoms with van der Waals surface area (Å²) in [7, 11) is 0. The molecule has 116 valence electrons. The number of nitrogens with zero attached hydrogens (tertiary/aromatic N) is 2. The first-order valence-electron chi connectivity index (χ1n) is 6.95. The molecule has 0 saturated heterocycles. The fraction of sp³-hybridized carbons (Fsp3) is 0.333. The molecule has 0 aliphatic heterocycles. The second-order valence-electron chi connectivity index (χ2n) is 5.06. The highest BCUT2D eigenvalue weighted by molar-refractivity contribution is 7.13. The minimum absolute atomic E-state index is 0.0172. The normalized spacial score (nSPS) is 10.5. The molecular formula is C15H18N4O2S. The van der Waals surface area contributed by atoms with Crippen LogP contribution >= 0.6 is 11.3 Å². The van der Waals surface area contributed by atoms with E-state index in [1.807, 2.05) is 31.4 Å². The Morgan fingerprint density at radius 3 is 2.82 bits per heavy atom. The van der Waals surface area contributed by atoms with E-state index in [1.54, 1.807) is 12.4 Å². The van der Waals surface area contributed by atoms with E-state index in [2.05, 4.69) is 20.6 Å². The number of rotatable bonds is 6. The molecule has 2 N–H and O–H groups in total. The second-order valence-corrected chi connectivity index (χ2v) is 5.92. The molecule has 7 heteroatoms. The third kappa shape index (κ3) is 4.92. The third-order valence-electron chi connectivity index (χ3n) is 2.70. The van der Waals surface area contributed by atoms with Gasteiger partial charge in [0.2, 0.25) is 11.8 Å². The summed E-state index contributed by atoms with van der Waals surface area (Å²) in [6.45, 7) is 3.72. The van der Waals surface area contributed by atoms with Crippen LogP contribution in [0.3, 0.4) is 0 Å². The van der Waals surface area contributed by atoms with Gasteiger partial charge in [0.1, 0.15) is 5.01 Å². The van der Waals surface area contributed by atoms with Crippen molar-refractivity contribution in [3.8, 4) is 10.6 Å². The lowest BCUT2D eigenvalue weighted by atomic mass is 10.3. The third-order valence-corrected chi connectivity index (χ3v) is 3.64. The van der Waals surface area contributed by atoms with Crippen LogP contribution in [0, 0.1) is 0 Å². The van der Waals surface area contributed by atoms with Crippen LogP contribution in [0.25, 0.3) is 10.6 Å². The fourth-order valence-corrected chi connectivity index (χ4v) is 2.60. The number of carbonyl (C=O) groups is 2. The topological polar surface area (TPSA) is 84.0 Å². The summed E-state index contributed by atoms with van der Waals surface area (Å²) in [5.74, 6) is -0.417. The first-order chi connectivity index (χ1) is 10.5. The monoisotopic (exact) mass is 318 g/mol. The van der Waals surface area contributed by atoms with Gasteiger partial charge in [-0.05, 0) is 26.0 Å². The predicted molar refractivity (Wildman–Crippen MR) is 85.3 cm³/mol. The number of hydrogen-bond acceptors (Lipinski definition) is 5. The lowest BCUT2D eigenvalue weighted by Crippen LogP contribution is -2.40. The van der Waals surface area contributed by atoms with Gasteiger partial charge in [-0.1, -0.05) is 0 Å². The summed E-state index contributed by atoms with van der Waals surface area (Å²) < 4.78 is 0. The van der Waals surface area contributed by atoms with E-state index in [1.165, 1.54) is 11.3 Å². The largest absolute Gasteiger partial charge is 0.352 e. The molecular weight excluding hydrogens is 300 g/mol. The second kappa shape index (κ2) is 7.65. The van der Waals surface area contributed by atoms with Gasteiger partial charge < -0.3 is 10.6 Å². The zero-order valence-corrected chi connectivity index (χ0v) is 13.3. The maximum absolute atomic E-state index is 11.8. The van der Waals surface area contributed by atoms with Crippen molar-refractivity contribution in [1.82, 2.24) is 20.6 Å². The molecule has 2 aromatic heterocycles. The first-order valence-corrected chi connectivity index (χ1v) is 7.83. The predicted octanol–water partition coefficient (Wildman–Crippen LogP) is 1.39. The average molecular weight is 318 g/mol. The summed E-state index contributed by atoms with van der Waals surface area (Å²) in [6, 6.07) is 3.83. The SMILES string of the molecule is CC(C)NC(=O)CNC(=O)Cc1csc(-c2cccnc2)n1. The van der Waals surface area contributed by atoms with Crippen molar-refractivity contribution in [2.45, 2.75) is 26.3 Å². The maximum Gasteiger partial charge on any atom is 0.239 e. The Morgan fingerprint density at radius 1 is 1.32 bits per heavy atom. The van der Waals surface area contributed by atoms with Gasteiger partial charge in [0.25, 0.3) is 0 Å². The van der Waals surface area contributed by atoms with Gasteiger partial charge in [0.05, 0.1) is 18.7 Å². The van der Waals surface area contributed by atoms with Gasteiger partial charge in [-0.25, -0.2) is 4.98 Å². The standard InChI is InChI=1S/C15H18N4O2S/c1-10(2)18-14(21)8-17-13(20)6-12-9-22-15(19-12)11-4-3-5-16-7-11/h3-5,7,9-10H,6,8H2,1-2H3,(H,17,20)(H,18,21). The Morgan fingerprint density at radius 2 is 2.14 bits per heavy atom. The van der Waals surface area contributed by atoms with Gasteiger partial charge in [0, 0.05) is 29.4 Å². The van der Waals surface area contributed by atoms with Gasteiger partial charge in [-0.2, -0.15) is 0 Å². The van der Waals surface area contributed by atoms with Crippen LogP contribution < -0.4 is 10.6 Å². The van der Waals surface area contributed by atoms with Crippen molar-refractivity contribution in [3.63, 3.8) is 0 Å². The van der Waals surface area contributed by atoms with E-state index in [0.29, 0.717) is 5.69 Å². The minimum atomic E-state index is -0.220. The molecule has 0 spiro atoms. The highest BCUT2D eigenvalue weighted by Crippen LogP contribution is 2.22. The molecule has 2 heterocycles. The van der Waals surface area contributed by atoms with Crippen LogP contribution in [0.2, 0.25) is 0 Å². The van der Waals surface area contributed by atoms with Gasteiger partial charge in [-0.3, -0.25) is 14.6 Å². The summed E-state index contributed by atoms with van der Waals surface area (Å²) in [6.07, 6.45) is 3.60. The number of thiazole rings is 1. The van der Waals surface area contributed by atoms with Crippen molar-refractivity contribution < 1.29 is 9.59 Å². The molecule has 0 bridgehead atoms. The molecule has 0 unspecified atom stereocenters. The lowest BCUT2D eigenvalue weighted by molar-refractivity contribution is -0.126. The van der Waals surface area contributed by atoms with Gasteiger partial charge >= 0.3 is 0 Å². The molecule has 0 aromatic carbocycles. The molecule has 6 nitrogen and oxygen atoms in total. The number of aromatic nitrogens is 2. The van der Waals surface area contributed by atoms with Crippen LogP contribution in [0.5, 0.6) is 0 Å². The molecule has 22 heavy (non-hydrogen) atoms. The Labute approximate surface area is 133 Å². The van der Waals surface area contributed by atoms with E-state index in [4.69, 9.17) is 0 Å². The molecule has 2 amide bonds. The van der Waals surface area contributed by atoms with E-state index in [-0.39, 0.29) is 30.8 Å². The number of carbonyl (C=O) groups excluding carboxylic acids is 2. The van der Waals surface area contributed by atoms with E-state index < -0.39 is 0 Å². The van der Waals surface area contributed by atoms with Crippen LogP contribution in [-0.2, 0) is 16.0 Å². The molecule has 0 saturated carbocycles. The minimum Gasteiger partial charge on any atom is -0.352 e. The van der Waals surface area contributed by atoms with Crippen molar-refractivity contribution in [2.24, 2.45) is 0 Å². The molecule has 0 fully saturated rings. The molecule has 0 radical (unpaired) electrons. The van der Waals surface area contributed by atoms with Gasteiger partial charge in [0.15, 0.2) is 0 Å². The molecule has 0 aliphatic carbocycles. The smallest absolute Gasteiger partial charge is 0.239 e.